The van der Waals surface area contributed by atoms with E-state index in [-0.39, 0.29) is 36.3 Å². The number of methoxy groups -OCH3 is 1. The van der Waals surface area contributed by atoms with Gasteiger partial charge in [-0.2, -0.15) is 0 Å². The molecule has 24 heavy (non-hydrogen) atoms. The lowest BCUT2D eigenvalue weighted by Crippen LogP contribution is -2.51. The van der Waals surface area contributed by atoms with Crippen LogP contribution in [0.25, 0.3) is 0 Å². The zero-order chi connectivity index (χ0) is 17.1. The number of hydrogen-bond acceptors (Lipinski definition) is 3. The number of fused-ring (bicyclic) bond motifs is 2. The lowest BCUT2D eigenvalue weighted by Gasteiger charge is -2.43. The van der Waals surface area contributed by atoms with Crippen LogP contribution in [-0.4, -0.2) is 43.3 Å². The molecule has 2 fully saturated rings. The number of benzene rings is 1. The van der Waals surface area contributed by atoms with Gasteiger partial charge in [0.05, 0.1) is 19.7 Å². The predicted molar refractivity (Wildman–Crippen MR) is 88.0 cm³/mol. The number of piperidine rings is 1. The third-order valence-electron chi connectivity index (χ3n) is 5.64. The van der Waals surface area contributed by atoms with Crippen molar-refractivity contribution in [3.05, 3.63) is 35.6 Å². The molecule has 0 saturated carbocycles. The van der Waals surface area contributed by atoms with Crippen molar-refractivity contribution in [3.8, 4) is 0 Å². The van der Waals surface area contributed by atoms with Crippen LogP contribution in [0, 0.1) is 11.7 Å². The Morgan fingerprint density at radius 3 is 2.67 bits per heavy atom. The molecule has 2 aliphatic rings. The molecule has 0 aromatic heterocycles. The highest BCUT2D eigenvalue weighted by atomic mass is 19.1. The molecule has 0 aliphatic carbocycles. The summed E-state index contributed by atoms with van der Waals surface area (Å²) in [6.45, 7) is 0.546. The number of halogens is 2. The summed E-state index contributed by atoms with van der Waals surface area (Å²) in [5.41, 5.74) is 1.01. The zero-order valence-corrected chi connectivity index (χ0v) is 14.1. The van der Waals surface area contributed by atoms with Gasteiger partial charge in [-0.3, -0.25) is 14.1 Å². The van der Waals surface area contributed by atoms with Gasteiger partial charge in [0.25, 0.3) is 0 Å². The van der Waals surface area contributed by atoms with Crippen LogP contribution in [0.4, 0.5) is 8.78 Å². The quantitative estimate of drug-likeness (QED) is 0.586. The average Bonchev–Trinajstić information content (AvgIpc) is 2.87. The predicted octanol–water partition coefficient (Wildman–Crippen LogP) is 3.68. The Kier molecular flexibility index (Phi) is 5.49. The molecule has 0 unspecified atom stereocenters. The van der Waals surface area contributed by atoms with Crippen LogP contribution in [0.1, 0.15) is 43.6 Å². The lowest BCUT2D eigenvalue weighted by atomic mass is 9.76. The molecule has 2 aliphatic heterocycles. The van der Waals surface area contributed by atoms with Crippen molar-refractivity contribution in [3.63, 3.8) is 0 Å². The Labute approximate surface area is 142 Å². The van der Waals surface area contributed by atoms with Crippen LogP contribution in [0.5, 0.6) is 0 Å². The Hall–Kier alpha value is -1.49. The summed E-state index contributed by atoms with van der Waals surface area (Å²) in [5.74, 6) is -0.622. The minimum atomic E-state index is -0.290. The highest BCUT2D eigenvalue weighted by molar-refractivity contribution is 5.75. The Morgan fingerprint density at radius 2 is 2.00 bits per heavy atom. The number of hydrogen-bond donors (Lipinski definition) is 0. The fourth-order valence-corrected chi connectivity index (χ4v) is 4.56. The number of ether oxygens (including phenoxy) is 1. The van der Waals surface area contributed by atoms with Crippen LogP contribution in [-0.2, 0) is 9.53 Å². The first kappa shape index (κ1) is 17.3. The van der Waals surface area contributed by atoms with Crippen molar-refractivity contribution >= 4 is 5.97 Å². The summed E-state index contributed by atoms with van der Waals surface area (Å²) < 4.78 is 30.7. The first-order valence-corrected chi connectivity index (χ1v) is 8.80. The van der Waals surface area contributed by atoms with Gasteiger partial charge in [-0.15, -0.1) is 0 Å². The Morgan fingerprint density at radius 1 is 1.25 bits per heavy atom. The van der Waals surface area contributed by atoms with E-state index in [0.29, 0.717) is 12.5 Å². The van der Waals surface area contributed by atoms with Crippen molar-refractivity contribution in [1.82, 2.24) is 4.90 Å². The van der Waals surface area contributed by atoms with Crippen molar-refractivity contribution in [2.24, 2.45) is 5.92 Å². The maximum absolute atomic E-state index is 13.2. The molecular weight excluding hydrogens is 312 g/mol. The first-order chi connectivity index (χ1) is 11.7. The number of rotatable bonds is 6. The number of esters is 1. The molecule has 0 N–H and O–H groups in total. The smallest absolute Gasteiger partial charge is 0.310 e. The molecule has 3 nitrogen and oxygen atoms in total. The van der Waals surface area contributed by atoms with Gasteiger partial charge in [-0.25, -0.2) is 4.39 Å². The Balaban J connectivity index is 1.83. The highest BCUT2D eigenvalue weighted by Gasteiger charge is 2.50. The van der Waals surface area contributed by atoms with E-state index >= 15 is 0 Å². The molecule has 1 aromatic carbocycles. The van der Waals surface area contributed by atoms with Gasteiger partial charge in [0, 0.05) is 18.0 Å². The standard InChI is InChI=1S/C19H25F2NO2/c1-24-19(23)18-16(13-4-6-14(21)7-5-13)12-15-8-9-17(18)22(15)11-3-2-10-20/h4-7,15-18H,2-3,8-12H2,1H3/t15-,16+,17+,18-/m0/s1. The molecule has 3 rings (SSSR count). The minimum Gasteiger partial charge on any atom is -0.469 e. The number of unbranched alkanes of at least 4 members (excludes halogenated alkanes) is 1. The van der Waals surface area contributed by atoms with Crippen LogP contribution in [0.15, 0.2) is 24.3 Å². The van der Waals surface area contributed by atoms with Crippen molar-refractivity contribution in [1.29, 1.82) is 0 Å². The fraction of sp³-hybridized carbons (Fsp3) is 0.632. The molecule has 1 aromatic rings. The summed E-state index contributed by atoms with van der Waals surface area (Å²) in [5, 5.41) is 0. The molecular formula is C19H25F2NO2. The van der Waals surface area contributed by atoms with Gasteiger partial charge in [-0.05, 0) is 56.3 Å². The molecule has 2 saturated heterocycles. The molecule has 0 amide bonds. The molecule has 132 valence electrons. The van der Waals surface area contributed by atoms with E-state index < -0.39 is 0 Å². The van der Waals surface area contributed by atoms with Gasteiger partial charge < -0.3 is 4.74 Å². The van der Waals surface area contributed by atoms with E-state index in [1.165, 1.54) is 19.2 Å². The minimum absolute atomic E-state index is 0.0629. The highest BCUT2D eigenvalue weighted by Crippen LogP contribution is 2.47. The molecule has 2 heterocycles. The molecule has 0 radical (unpaired) electrons. The maximum Gasteiger partial charge on any atom is 0.310 e. The van der Waals surface area contributed by atoms with Crippen LogP contribution < -0.4 is 0 Å². The van der Waals surface area contributed by atoms with Crippen LogP contribution in [0.3, 0.4) is 0 Å². The summed E-state index contributed by atoms with van der Waals surface area (Å²) >= 11 is 0. The topological polar surface area (TPSA) is 29.5 Å². The van der Waals surface area contributed by atoms with Gasteiger partial charge >= 0.3 is 5.97 Å². The fourth-order valence-electron chi connectivity index (χ4n) is 4.56. The zero-order valence-electron chi connectivity index (χ0n) is 14.1. The number of carbonyl (C=O) groups is 1. The molecule has 0 spiro atoms. The van der Waals surface area contributed by atoms with E-state index in [1.54, 1.807) is 12.1 Å². The summed E-state index contributed by atoms with van der Waals surface area (Å²) in [6.07, 6.45) is 4.29. The van der Waals surface area contributed by atoms with E-state index in [9.17, 15) is 13.6 Å². The Bertz CT molecular complexity index is 563. The number of alkyl halides is 1. The third-order valence-corrected chi connectivity index (χ3v) is 5.64. The van der Waals surface area contributed by atoms with Crippen LogP contribution in [0.2, 0.25) is 0 Å². The second-order valence-electron chi connectivity index (χ2n) is 6.88. The maximum atomic E-state index is 13.2. The monoisotopic (exact) mass is 337 g/mol. The van der Waals surface area contributed by atoms with Gasteiger partial charge in [0.2, 0.25) is 0 Å². The lowest BCUT2D eigenvalue weighted by molar-refractivity contribution is -0.150. The first-order valence-electron chi connectivity index (χ1n) is 8.80. The summed E-state index contributed by atoms with van der Waals surface area (Å²) in [6, 6.07) is 7.05. The van der Waals surface area contributed by atoms with Gasteiger partial charge in [0.15, 0.2) is 0 Å². The second kappa shape index (κ2) is 7.60. The van der Waals surface area contributed by atoms with E-state index in [0.717, 1.165) is 37.8 Å². The number of nitrogens with zero attached hydrogens (tertiary/aromatic N) is 1. The van der Waals surface area contributed by atoms with Crippen molar-refractivity contribution in [2.45, 2.75) is 50.1 Å². The van der Waals surface area contributed by atoms with E-state index in [1.807, 2.05) is 0 Å². The number of carbonyl (C=O) groups excluding carboxylic acids is 1. The van der Waals surface area contributed by atoms with Gasteiger partial charge in [0.1, 0.15) is 5.82 Å². The third kappa shape index (κ3) is 3.32. The largest absolute Gasteiger partial charge is 0.469 e. The van der Waals surface area contributed by atoms with Crippen molar-refractivity contribution in [2.75, 3.05) is 20.3 Å². The van der Waals surface area contributed by atoms with Gasteiger partial charge in [-0.1, -0.05) is 12.1 Å². The second-order valence-corrected chi connectivity index (χ2v) is 6.88. The average molecular weight is 337 g/mol. The van der Waals surface area contributed by atoms with Crippen LogP contribution >= 0.6 is 0 Å². The summed E-state index contributed by atoms with van der Waals surface area (Å²) in [4.78, 5) is 14.9. The normalized spacial score (nSPS) is 29.6. The summed E-state index contributed by atoms with van der Waals surface area (Å²) in [7, 11) is 1.43. The molecule has 4 atom stereocenters. The van der Waals surface area contributed by atoms with Crippen molar-refractivity contribution < 1.29 is 18.3 Å². The molecule has 5 heteroatoms. The van der Waals surface area contributed by atoms with E-state index in [4.69, 9.17) is 4.74 Å². The SMILES string of the molecule is COC(=O)[C@H]1[C@@H](c2ccc(F)cc2)C[C@@H]2CC[C@H]1N2CCCCF. The molecule has 2 bridgehead atoms. The van der Waals surface area contributed by atoms with E-state index in [2.05, 4.69) is 4.90 Å².